The van der Waals surface area contributed by atoms with Crippen LogP contribution in [0.4, 0.5) is 0 Å². The molecule has 1 unspecified atom stereocenters. The fraction of sp³-hybridized carbons (Fsp3) is 0.588. The van der Waals surface area contributed by atoms with Crippen molar-refractivity contribution in [3.63, 3.8) is 0 Å². The highest BCUT2D eigenvalue weighted by Gasteiger charge is 2.22. The van der Waals surface area contributed by atoms with Crippen LogP contribution >= 0.6 is 11.3 Å². The average molecular weight is 305 g/mol. The van der Waals surface area contributed by atoms with Gasteiger partial charge in [-0.2, -0.15) is 0 Å². The van der Waals surface area contributed by atoms with Crippen LogP contribution in [0.5, 0.6) is 0 Å². The molecule has 0 aromatic carbocycles. The molecule has 1 fully saturated rings. The first-order chi connectivity index (χ1) is 10.2. The Labute approximate surface area is 130 Å². The molecule has 1 aliphatic carbocycles. The van der Waals surface area contributed by atoms with E-state index in [2.05, 4.69) is 24.1 Å². The molecular formula is C17H23NO2S. The van der Waals surface area contributed by atoms with Crippen molar-refractivity contribution in [1.82, 2.24) is 5.32 Å². The Bertz CT molecular complexity index is 520. The summed E-state index contributed by atoms with van der Waals surface area (Å²) in [6.07, 6.45) is 6.82. The molecule has 1 aromatic heterocycles. The fourth-order valence-electron chi connectivity index (χ4n) is 2.77. The van der Waals surface area contributed by atoms with Crippen LogP contribution < -0.4 is 5.32 Å². The summed E-state index contributed by atoms with van der Waals surface area (Å²) in [5, 5.41) is 13.7. The fourth-order valence-corrected chi connectivity index (χ4v) is 3.52. The van der Waals surface area contributed by atoms with E-state index >= 15 is 0 Å². The molecule has 0 radical (unpaired) electrons. The minimum Gasteiger partial charge on any atom is -0.395 e. The quantitative estimate of drug-likeness (QED) is 0.839. The van der Waals surface area contributed by atoms with Gasteiger partial charge in [0, 0.05) is 17.8 Å². The zero-order valence-electron chi connectivity index (χ0n) is 12.5. The monoisotopic (exact) mass is 305 g/mol. The summed E-state index contributed by atoms with van der Waals surface area (Å²) in [5.41, 5.74) is 0.691. The van der Waals surface area contributed by atoms with E-state index in [1.165, 1.54) is 43.4 Å². The van der Waals surface area contributed by atoms with Crippen LogP contribution in [0.25, 0.3) is 0 Å². The molecule has 1 saturated carbocycles. The summed E-state index contributed by atoms with van der Waals surface area (Å²) in [5.74, 6) is 6.46. The van der Waals surface area contributed by atoms with Crippen molar-refractivity contribution in [2.75, 3.05) is 6.61 Å². The van der Waals surface area contributed by atoms with Crippen LogP contribution in [-0.4, -0.2) is 23.7 Å². The molecule has 1 amide bonds. The van der Waals surface area contributed by atoms with E-state index in [9.17, 15) is 4.79 Å². The first kappa shape index (κ1) is 16.1. The maximum absolute atomic E-state index is 12.2. The Morgan fingerprint density at radius 3 is 2.95 bits per heavy atom. The van der Waals surface area contributed by atoms with Gasteiger partial charge >= 0.3 is 0 Å². The highest BCUT2D eigenvalue weighted by molar-refractivity contribution is 7.10. The number of aliphatic hydroxyl groups excluding tert-OH is 1. The molecule has 21 heavy (non-hydrogen) atoms. The predicted octanol–water partition coefficient (Wildman–Crippen LogP) is 3.18. The van der Waals surface area contributed by atoms with E-state index in [1.807, 2.05) is 11.4 Å². The topological polar surface area (TPSA) is 49.3 Å². The number of hydrogen-bond acceptors (Lipinski definition) is 3. The van der Waals surface area contributed by atoms with E-state index in [4.69, 9.17) is 5.11 Å². The number of hydrogen-bond donors (Lipinski definition) is 2. The minimum absolute atomic E-state index is 0.000434. The van der Waals surface area contributed by atoms with Crippen molar-refractivity contribution in [2.24, 2.45) is 5.92 Å². The Morgan fingerprint density at radius 2 is 2.24 bits per heavy atom. The Hall–Kier alpha value is -1.31. The summed E-state index contributed by atoms with van der Waals surface area (Å²) < 4.78 is 0. The lowest BCUT2D eigenvalue weighted by Crippen LogP contribution is -2.38. The van der Waals surface area contributed by atoms with Gasteiger partial charge in [-0.05, 0) is 31.7 Å². The van der Waals surface area contributed by atoms with Crippen LogP contribution in [0.1, 0.15) is 60.7 Å². The number of aliphatic hydroxyl groups is 1. The standard InChI is InChI=1S/C17H23NO2S/c1-13(14-7-3-2-4-8-14)18-17(20)15-11-16(21-12-15)9-5-6-10-19/h11-14,19H,2-4,6-8,10H2,1H3,(H,18,20). The van der Waals surface area contributed by atoms with Gasteiger partial charge in [-0.15, -0.1) is 11.3 Å². The summed E-state index contributed by atoms with van der Waals surface area (Å²) in [4.78, 5) is 13.1. The lowest BCUT2D eigenvalue weighted by molar-refractivity contribution is 0.0919. The molecule has 3 nitrogen and oxygen atoms in total. The van der Waals surface area contributed by atoms with E-state index in [0.717, 1.165) is 4.88 Å². The van der Waals surface area contributed by atoms with Gasteiger partial charge in [0.15, 0.2) is 0 Å². The highest BCUT2D eigenvalue weighted by atomic mass is 32.1. The zero-order chi connectivity index (χ0) is 15.1. The average Bonchev–Trinajstić information content (AvgIpc) is 2.97. The molecule has 1 heterocycles. The number of carbonyl (C=O) groups is 1. The minimum atomic E-state index is -0.000434. The highest BCUT2D eigenvalue weighted by Crippen LogP contribution is 2.26. The number of thiophene rings is 1. The Kier molecular flexibility index (Phi) is 6.28. The molecular weight excluding hydrogens is 282 g/mol. The third kappa shape index (κ3) is 4.87. The molecule has 4 heteroatoms. The second-order valence-electron chi connectivity index (χ2n) is 5.64. The summed E-state index contributed by atoms with van der Waals surface area (Å²) in [6.45, 7) is 2.19. The molecule has 0 aliphatic heterocycles. The molecule has 0 spiro atoms. The largest absolute Gasteiger partial charge is 0.395 e. The van der Waals surface area contributed by atoms with Gasteiger partial charge in [-0.1, -0.05) is 31.1 Å². The van der Waals surface area contributed by atoms with Crippen molar-refractivity contribution in [3.05, 3.63) is 21.9 Å². The van der Waals surface area contributed by atoms with Gasteiger partial charge in [0.25, 0.3) is 5.91 Å². The van der Waals surface area contributed by atoms with E-state index in [1.54, 1.807) is 0 Å². The van der Waals surface area contributed by atoms with Gasteiger partial charge in [-0.25, -0.2) is 0 Å². The van der Waals surface area contributed by atoms with Gasteiger partial charge in [0.2, 0.25) is 0 Å². The maximum atomic E-state index is 12.2. The van der Waals surface area contributed by atoms with Gasteiger partial charge < -0.3 is 10.4 Å². The first-order valence-electron chi connectivity index (χ1n) is 7.70. The molecule has 1 aromatic rings. The van der Waals surface area contributed by atoms with Crippen LogP contribution in [0.3, 0.4) is 0 Å². The molecule has 1 aliphatic rings. The lowest BCUT2D eigenvalue weighted by Gasteiger charge is -2.28. The van der Waals surface area contributed by atoms with Crippen molar-refractivity contribution in [3.8, 4) is 11.8 Å². The molecule has 1 atom stereocenters. The van der Waals surface area contributed by atoms with Gasteiger partial charge in [0.05, 0.1) is 17.0 Å². The molecule has 2 rings (SSSR count). The predicted molar refractivity (Wildman–Crippen MR) is 86.4 cm³/mol. The van der Waals surface area contributed by atoms with Crippen molar-refractivity contribution < 1.29 is 9.90 Å². The Balaban J connectivity index is 1.89. The normalized spacial score (nSPS) is 16.9. The van der Waals surface area contributed by atoms with E-state index < -0.39 is 0 Å². The van der Waals surface area contributed by atoms with Gasteiger partial charge in [0.1, 0.15) is 0 Å². The smallest absolute Gasteiger partial charge is 0.252 e. The molecule has 2 N–H and O–H groups in total. The number of rotatable bonds is 4. The molecule has 114 valence electrons. The van der Waals surface area contributed by atoms with E-state index in [0.29, 0.717) is 17.9 Å². The number of amides is 1. The number of nitrogens with one attached hydrogen (secondary N) is 1. The summed E-state index contributed by atoms with van der Waals surface area (Å²) >= 11 is 1.47. The summed E-state index contributed by atoms with van der Waals surface area (Å²) in [7, 11) is 0. The SMILES string of the molecule is CC(NC(=O)c1csc(C#CCCO)c1)C1CCCCC1. The second-order valence-corrected chi connectivity index (χ2v) is 6.55. The molecule has 0 saturated heterocycles. The first-order valence-corrected chi connectivity index (χ1v) is 8.58. The van der Waals surface area contributed by atoms with Crippen LogP contribution in [-0.2, 0) is 0 Å². The van der Waals surface area contributed by atoms with Crippen molar-refractivity contribution in [2.45, 2.75) is 51.5 Å². The van der Waals surface area contributed by atoms with E-state index in [-0.39, 0.29) is 18.6 Å². The second kappa shape index (κ2) is 8.21. The van der Waals surface area contributed by atoms with Gasteiger partial charge in [-0.3, -0.25) is 4.79 Å². The van der Waals surface area contributed by atoms with Crippen LogP contribution in [0.15, 0.2) is 11.4 Å². The van der Waals surface area contributed by atoms with Crippen LogP contribution in [0, 0.1) is 17.8 Å². The van der Waals surface area contributed by atoms with Crippen LogP contribution in [0.2, 0.25) is 0 Å². The lowest BCUT2D eigenvalue weighted by atomic mass is 9.84. The molecule has 0 bridgehead atoms. The number of carbonyl (C=O) groups excluding carboxylic acids is 1. The zero-order valence-corrected chi connectivity index (χ0v) is 13.3. The third-order valence-electron chi connectivity index (χ3n) is 4.03. The van der Waals surface area contributed by atoms with Crippen molar-refractivity contribution in [1.29, 1.82) is 0 Å². The Morgan fingerprint density at radius 1 is 1.48 bits per heavy atom. The van der Waals surface area contributed by atoms with Crippen molar-refractivity contribution >= 4 is 17.2 Å². The maximum Gasteiger partial charge on any atom is 0.252 e. The summed E-state index contributed by atoms with van der Waals surface area (Å²) in [6, 6.07) is 2.07. The third-order valence-corrected chi connectivity index (χ3v) is 4.87.